The molecule has 3 rings (SSSR count). The van der Waals surface area contributed by atoms with Crippen LogP contribution in [0.4, 0.5) is 0 Å². The van der Waals surface area contributed by atoms with Crippen molar-refractivity contribution in [3.63, 3.8) is 0 Å². The molecule has 2 saturated heterocycles. The first-order valence-corrected chi connectivity index (χ1v) is 7.96. The zero-order valence-electron chi connectivity index (χ0n) is 13.1. The minimum Gasteiger partial charge on any atom is -0.497 e. The van der Waals surface area contributed by atoms with E-state index in [1.807, 2.05) is 29.2 Å². The minimum atomic E-state index is -0.163. The van der Waals surface area contributed by atoms with Crippen molar-refractivity contribution in [3.8, 4) is 5.75 Å². The summed E-state index contributed by atoms with van der Waals surface area (Å²) in [7, 11) is 1.66. The van der Waals surface area contributed by atoms with Crippen molar-refractivity contribution in [1.29, 1.82) is 0 Å². The van der Waals surface area contributed by atoms with Crippen LogP contribution < -0.4 is 10.1 Å². The summed E-state index contributed by atoms with van der Waals surface area (Å²) in [6.45, 7) is 3.54. The van der Waals surface area contributed by atoms with E-state index in [9.17, 15) is 4.79 Å². The van der Waals surface area contributed by atoms with E-state index in [1.54, 1.807) is 7.11 Å². The molecule has 1 unspecified atom stereocenters. The first-order valence-electron chi connectivity index (χ1n) is 7.96. The highest BCUT2D eigenvalue weighted by Gasteiger charge is 2.39. The normalized spacial score (nSPS) is 26.0. The van der Waals surface area contributed by atoms with Gasteiger partial charge in [0.25, 0.3) is 0 Å². The zero-order chi connectivity index (χ0) is 15.4. The van der Waals surface area contributed by atoms with Crippen molar-refractivity contribution in [2.45, 2.75) is 31.4 Å². The Morgan fingerprint density at radius 3 is 2.86 bits per heavy atom. The number of carbonyl (C=O) groups excluding carboxylic acids is 1. The number of nitrogens with one attached hydrogen (secondary N) is 1. The van der Waals surface area contributed by atoms with Gasteiger partial charge in [-0.3, -0.25) is 4.79 Å². The van der Waals surface area contributed by atoms with Gasteiger partial charge in [0.1, 0.15) is 12.4 Å². The number of amides is 1. The number of carbonyl (C=O) groups is 1. The fourth-order valence-electron chi connectivity index (χ4n) is 3.29. The van der Waals surface area contributed by atoms with Crippen molar-refractivity contribution in [1.82, 2.24) is 10.2 Å². The van der Waals surface area contributed by atoms with Crippen LogP contribution in [0, 0.1) is 0 Å². The first kappa shape index (κ1) is 15.3. The van der Waals surface area contributed by atoms with E-state index in [0.29, 0.717) is 13.1 Å². The molecule has 1 aromatic rings. The van der Waals surface area contributed by atoms with Crippen LogP contribution in [0.15, 0.2) is 24.3 Å². The maximum Gasteiger partial charge on any atom is 0.248 e. The molecule has 2 heterocycles. The molecule has 5 nitrogen and oxygen atoms in total. The summed E-state index contributed by atoms with van der Waals surface area (Å²) >= 11 is 0. The van der Waals surface area contributed by atoms with Crippen molar-refractivity contribution < 1.29 is 14.3 Å². The Morgan fingerprint density at radius 1 is 1.27 bits per heavy atom. The van der Waals surface area contributed by atoms with E-state index in [-0.39, 0.29) is 18.1 Å². The third kappa shape index (κ3) is 3.42. The Balaban J connectivity index is 1.69. The third-order valence-corrected chi connectivity index (χ3v) is 4.61. The maximum atomic E-state index is 12.2. The molecule has 1 amide bonds. The molecule has 120 valence electrons. The average Bonchev–Trinajstić information content (AvgIpc) is 2.78. The fraction of sp³-hybridized carbons (Fsp3) is 0.588. The summed E-state index contributed by atoms with van der Waals surface area (Å²) < 4.78 is 11.1. The second kappa shape index (κ2) is 6.67. The quantitative estimate of drug-likeness (QED) is 0.921. The molecule has 0 aliphatic carbocycles. The Kier molecular flexibility index (Phi) is 4.64. The van der Waals surface area contributed by atoms with E-state index in [0.717, 1.165) is 43.7 Å². The van der Waals surface area contributed by atoms with Crippen LogP contribution in [0.5, 0.6) is 5.75 Å². The number of methoxy groups -OCH3 is 1. The molecule has 5 heteroatoms. The van der Waals surface area contributed by atoms with Gasteiger partial charge in [-0.1, -0.05) is 12.1 Å². The molecule has 2 aliphatic heterocycles. The van der Waals surface area contributed by atoms with Gasteiger partial charge in [-0.15, -0.1) is 0 Å². The molecule has 1 aromatic carbocycles. The van der Waals surface area contributed by atoms with Gasteiger partial charge in [0.15, 0.2) is 0 Å². The van der Waals surface area contributed by atoms with Gasteiger partial charge in [-0.2, -0.15) is 0 Å². The molecular weight excluding hydrogens is 280 g/mol. The topological polar surface area (TPSA) is 50.8 Å². The molecule has 2 aliphatic rings. The summed E-state index contributed by atoms with van der Waals surface area (Å²) in [4.78, 5) is 14.1. The number of morpholine rings is 1. The van der Waals surface area contributed by atoms with Gasteiger partial charge >= 0.3 is 0 Å². The predicted molar refractivity (Wildman–Crippen MR) is 83.8 cm³/mol. The summed E-state index contributed by atoms with van der Waals surface area (Å²) in [6, 6.07) is 7.91. The molecule has 0 saturated carbocycles. The Morgan fingerprint density at radius 2 is 2.09 bits per heavy atom. The summed E-state index contributed by atoms with van der Waals surface area (Å²) in [6.07, 6.45) is 3.09. The van der Waals surface area contributed by atoms with Crippen molar-refractivity contribution in [3.05, 3.63) is 29.8 Å². The molecule has 2 fully saturated rings. The molecule has 1 spiro atoms. The standard InChI is InChI=1S/C17H24N2O3/c1-21-15-5-3-14(4-6-15)11-19-13-17(22-12-16(19)20)7-2-9-18-10-8-17/h3-6,18H,2,7-13H2,1H3. The summed E-state index contributed by atoms with van der Waals surface area (Å²) in [5, 5.41) is 3.41. The summed E-state index contributed by atoms with van der Waals surface area (Å²) in [5.74, 6) is 0.919. The largest absolute Gasteiger partial charge is 0.497 e. The number of hydrogen-bond acceptors (Lipinski definition) is 4. The second-order valence-electron chi connectivity index (χ2n) is 6.17. The lowest BCUT2D eigenvalue weighted by molar-refractivity contribution is -0.166. The molecule has 22 heavy (non-hydrogen) atoms. The average molecular weight is 304 g/mol. The highest BCUT2D eigenvalue weighted by atomic mass is 16.5. The minimum absolute atomic E-state index is 0.0821. The number of hydrogen-bond donors (Lipinski definition) is 1. The van der Waals surface area contributed by atoms with E-state index in [1.165, 1.54) is 0 Å². The molecule has 1 N–H and O–H groups in total. The van der Waals surface area contributed by atoms with Crippen molar-refractivity contribution >= 4 is 5.91 Å². The summed E-state index contributed by atoms with van der Waals surface area (Å²) in [5.41, 5.74) is 0.960. The van der Waals surface area contributed by atoms with Crippen LogP contribution in [0.3, 0.4) is 0 Å². The molecule has 0 radical (unpaired) electrons. The number of nitrogens with zero attached hydrogens (tertiary/aromatic N) is 1. The smallest absolute Gasteiger partial charge is 0.248 e. The Hall–Kier alpha value is -1.59. The highest BCUT2D eigenvalue weighted by Crippen LogP contribution is 2.29. The van der Waals surface area contributed by atoms with Crippen LogP contribution >= 0.6 is 0 Å². The van der Waals surface area contributed by atoms with Gasteiger partial charge in [0.05, 0.1) is 19.3 Å². The van der Waals surface area contributed by atoms with Gasteiger partial charge < -0.3 is 19.7 Å². The molecule has 0 bridgehead atoms. The van der Waals surface area contributed by atoms with Crippen LogP contribution in [0.2, 0.25) is 0 Å². The van der Waals surface area contributed by atoms with Gasteiger partial charge in [0.2, 0.25) is 5.91 Å². The van der Waals surface area contributed by atoms with Crippen LogP contribution in [0.25, 0.3) is 0 Å². The lowest BCUT2D eigenvalue weighted by Crippen LogP contribution is -2.54. The number of ether oxygens (including phenoxy) is 2. The van der Waals surface area contributed by atoms with E-state index in [2.05, 4.69) is 5.32 Å². The SMILES string of the molecule is COc1ccc(CN2CC3(CCCNCC3)OCC2=O)cc1. The number of benzene rings is 1. The monoisotopic (exact) mass is 304 g/mol. The lowest BCUT2D eigenvalue weighted by atomic mass is 9.92. The molecule has 0 aromatic heterocycles. The van der Waals surface area contributed by atoms with Gasteiger partial charge in [-0.25, -0.2) is 0 Å². The molecular formula is C17H24N2O3. The maximum absolute atomic E-state index is 12.2. The van der Waals surface area contributed by atoms with Gasteiger partial charge in [0, 0.05) is 6.54 Å². The van der Waals surface area contributed by atoms with Gasteiger partial charge in [-0.05, 0) is 50.0 Å². The second-order valence-corrected chi connectivity index (χ2v) is 6.17. The van der Waals surface area contributed by atoms with Crippen LogP contribution in [-0.4, -0.2) is 49.8 Å². The zero-order valence-corrected chi connectivity index (χ0v) is 13.1. The third-order valence-electron chi connectivity index (χ3n) is 4.61. The van der Waals surface area contributed by atoms with E-state index in [4.69, 9.17) is 9.47 Å². The van der Waals surface area contributed by atoms with Crippen LogP contribution in [0.1, 0.15) is 24.8 Å². The Bertz CT molecular complexity index is 507. The van der Waals surface area contributed by atoms with Crippen LogP contribution in [-0.2, 0) is 16.1 Å². The fourth-order valence-corrected chi connectivity index (χ4v) is 3.29. The van der Waals surface area contributed by atoms with Crippen molar-refractivity contribution in [2.75, 3.05) is 33.4 Å². The Labute approximate surface area is 131 Å². The number of rotatable bonds is 3. The predicted octanol–water partition coefficient (Wildman–Crippen LogP) is 1.57. The molecule has 1 atom stereocenters. The van der Waals surface area contributed by atoms with Crippen molar-refractivity contribution in [2.24, 2.45) is 0 Å². The van der Waals surface area contributed by atoms with E-state index < -0.39 is 0 Å². The first-order chi connectivity index (χ1) is 10.7. The lowest BCUT2D eigenvalue weighted by Gasteiger charge is -2.42. The highest BCUT2D eigenvalue weighted by molar-refractivity contribution is 5.78. The van der Waals surface area contributed by atoms with E-state index >= 15 is 0 Å².